The van der Waals surface area contributed by atoms with Gasteiger partial charge in [0.2, 0.25) is 5.91 Å². The molecule has 1 amide bonds. The summed E-state index contributed by atoms with van der Waals surface area (Å²) in [6.07, 6.45) is 9.82. The summed E-state index contributed by atoms with van der Waals surface area (Å²) >= 11 is 0. The Morgan fingerprint density at radius 3 is 3.05 bits per heavy atom. The molecule has 100 valence electrons. The smallest absolute Gasteiger partial charge is 0.241 e. The Balaban J connectivity index is 1.85. The molecule has 0 aromatic heterocycles. The van der Waals surface area contributed by atoms with E-state index in [0.717, 1.165) is 44.3 Å². The predicted octanol–water partition coefficient (Wildman–Crippen LogP) is 2.33. The number of para-hydroxylation sites is 1. The number of hydrogen-bond acceptors (Lipinski definition) is 2. The number of rotatable bonds is 5. The number of carbonyl (C=O) groups excluding carboxylic acids is 1. The van der Waals surface area contributed by atoms with Crippen LogP contribution in [0.1, 0.15) is 31.2 Å². The molecule has 1 atom stereocenters. The van der Waals surface area contributed by atoms with Crippen molar-refractivity contribution in [3.8, 4) is 12.3 Å². The molecule has 19 heavy (non-hydrogen) atoms. The van der Waals surface area contributed by atoms with Gasteiger partial charge in [-0.05, 0) is 43.9 Å². The van der Waals surface area contributed by atoms with Crippen molar-refractivity contribution in [1.82, 2.24) is 5.32 Å². The highest BCUT2D eigenvalue weighted by Gasteiger charge is 2.22. The summed E-state index contributed by atoms with van der Waals surface area (Å²) in [5.74, 6) is 2.70. The quantitative estimate of drug-likeness (QED) is 0.627. The summed E-state index contributed by atoms with van der Waals surface area (Å²) in [4.78, 5) is 12.1. The molecule has 1 unspecified atom stereocenters. The van der Waals surface area contributed by atoms with E-state index in [9.17, 15) is 4.79 Å². The van der Waals surface area contributed by atoms with Gasteiger partial charge < -0.3 is 10.6 Å². The van der Waals surface area contributed by atoms with Gasteiger partial charge in [0.25, 0.3) is 0 Å². The van der Waals surface area contributed by atoms with Crippen LogP contribution in [0.15, 0.2) is 24.3 Å². The molecular weight excluding hydrogens is 236 g/mol. The number of nitrogens with one attached hydrogen (secondary N) is 2. The Kier molecular flexibility index (Phi) is 5.00. The molecule has 0 saturated carbocycles. The number of unbranched alkanes of at least 4 members (excludes halogenated alkanes) is 2. The van der Waals surface area contributed by atoms with Crippen LogP contribution in [0.25, 0.3) is 0 Å². The maximum absolute atomic E-state index is 12.1. The first-order valence-electron chi connectivity index (χ1n) is 6.87. The number of amides is 1. The fraction of sp³-hybridized carbons (Fsp3) is 0.438. The van der Waals surface area contributed by atoms with Gasteiger partial charge in [-0.3, -0.25) is 4.79 Å². The standard InChI is InChI=1S/C16H20N2O/c1-2-3-4-7-12-17-15-11-10-13-8-5-6-9-14(13)18-16(15)19/h1,5-6,8-9,15,17H,3-4,7,10-12H2,(H,18,19). The molecule has 1 aliphatic heterocycles. The Bertz CT molecular complexity index is 476. The molecule has 0 spiro atoms. The fourth-order valence-corrected chi connectivity index (χ4v) is 2.33. The maximum Gasteiger partial charge on any atom is 0.241 e. The highest BCUT2D eigenvalue weighted by molar-refractivity contribution is 5.96. The zero-order valence-corrected chi connectivity index (χ0v) is 11.1. The maximum atomic E-state index is 12.1. The van der Waals surface area contributed by atoms with Crippen LogP contribution in [0.4, 0.5) is 5.69 Å². The van der Waals surface area contributed by atoms with Crippen LogP contribution >= 0.6 is 0 Å². The minimum absolute atomic E-state index is 0.0712. The number of hydrogen-bond donors (Lipinski definition) is 2. The molecule has 1 heterocycles. The summed E-state index contributed by atoms with van der Waals surface area (Å²) in [6, 6.07) is 7.90. The van der Waals surface area contributed by atoms with Gasteiger partial charge >= 0.3 is 0 Å². The second-order valence-electron chi connectivity index (χ2n) is 4.85. The summed E-state index contributed by atoms with van der Waals surface area (Å²) in [5.41, 5.74) is 2.16. The van der Waals surface area contributed by atoms with Crippen LogP contribution in [0.5, 0.6) is 0 Å². The zero-order chi connectivity index (χ0) is 13.5. The first kappa shape index (κ1) is 13.6. The topological polar surface area (TPSA) is 41.1 Å². The number of aryl methyl sites for hydroxylation is 1. The van der Waals surface area contributed by atoms with E-state index in [0.29, 0.717) is 0 Å². The van der Waals surface area contributed by atoms with Crippen molar-refractivity contribution in [2.45, 2.75) is 38.1 Å². The lowest BCUT2D eigenvalue weighted by molar-refractivity contribution is -0.118. The molecule has 0 bridgehead atoms. The third kappa shape index (κ3) is 3.84. The third-order valence-corrected chi connectivity index (χ3v) is 3.43. The van der Waals surface area contributed by atoms with Crippen molar-refractivity contribution in [3.05, 3.63) is 29.8 Å². The van der Waals surface area contributed by atoms with Gasteiger partial charge in [0.1, 0.15) is 0 Å². The van der Waals surface area contributed by atoms with E-state index in [4.69, 9.17) is 6.42 Å². The molecule has 0 radical (unpaired) electrons. The van der Waals surface area contributed by atoms with Gasteiger partial charge in [-0.2, -0.15) is 0 Å². The summed E-state index contributed by atoms with van der Waals surface area (Å²) < 4.78 is 0. The van der Waals surface area contributed by atoms with Gasteiger partial charge in [0, 0.05) is 12.1 Å². The Labute approximate surface area is 114 Å². The molecule has 1 aliphatic rings. The molecule has 1 aromatic rings. The largest absolute Gasteiger partial charge is 0.324 e. The molecule has 2 rings (SSSR count). The van der Waals surface area contributed by atoms with E-state index in [-0.39, 0.29) is 11.9 Å². The lowest BCUT2D eigenvalue weighted by atomic mass is 10.1. The summed E-state index contributed by atoms with van der Waals surface area (Å²) in [7, 11) is 0. The Morgan fingerprint density at radius 2 is 2.21 bits per heavy atom. The van der Waals surface area contributed by atoms with Crippen LogP contribution < -0.4 is 10.6 Å². The Hall–Kier alpha value is -1.79. The minimum atomic E-state index is -0.0989. The molecular formula is C16H20N2O. The lowest BCUT2D eigenvalue weighted by Gasteiger charge is -2.14. The average Bonchev–Trinajstić information content (AvgIpc) is 2.58. The van der Waals surface area contributed by atoms with Crippen LogP contribution in [0.2, 0.25) is 0 Å². The van der Waals surface area contributed by atoms with E-state index < -0.39 is 0 Å². The molecule has 0 saturated heterocycles. The van der Waals surface area contributed by atoms with Crippen molar-refractivity contribution < 1.29 is 4.79 Å². The van der Waals surface area contributed by atoms with E-state index in [1.165, 1.54) is 5.56 Å². The molecule has 1 aromatic carbocycles. The highest BCUT2D eigenvalue weighted by atomic mass is 16.2. The Morgan fingerprint density at radius 1 is 1.37 bits per heavy atom. The molecule has 2 N–H and O–H groups in total. The zero-order valence-electron chi connectivity index (χ0n) is 11.1. The van der Waals surface area contributed by atoms with Gasteiger partial charge in [-0.1, -0.05) is 18.2 Å². The monoisotopic (exact) mass is 256 g/mol. The number of fused-ring (bicyclic) bond motifs is 1. The van der Waals surface area contributed by atoms with Crippen molar-refractivity contribution in [3.63, 3.8) is 0 Å². The van der Waals surface area contributed by atoms with Gasteiger partial charge in [-0.15, -0.1) is 12.3 Å². The van der Waals surface area contributed by atoms with Crippen molar-refractivity contribution in [2.75, 3.05) is 11.9 Å². The second kappa shape index (κ2) is 6.96. The normalized spacial score (nSPS) is 18.1. The molecule has 0 fully saturated rings. The van der Waals surface area contributed by atoms with E-state index in [1.807, 2.05) is 18.2 Å². The predicted molar refractivity (Wildman–Crippen MR) is 77.9 cm³/mol. The van der Waals surface area contributed by atoms with Crippen molar-refractivity contribution in [2.24, 2.45) is 0 Å². The first-order chi connectivity index (χ1) is 9.31. The van der Waals surface area contributed by atoms with Crippen LogP contribution in [-0.4, -0.2) is 18.5 Å². The number of benzene rings is 1. The van der Waals surface area contributed by atoms with E-state index in [1.54, 1.807) is 0 Å². The van der Waals surface area contributed by atoms with Crippen LogP contribution in [0, 0.1) is 12.3 Å². The average molecular weight is 256 g/mol. The van der Waals surface area contributed by atoms with Gasteiger partial charge in [-0.25, -0.2) is 0 Å². The highest BCUT2D eigenvalue weighted by Crippen LogP contribution is 2.21. The van der Waals surface area contributed by atoms with E-state index in [2.05, 4.69) is 22.6 Å². The first-order valence-corrected chi connectivity index (χ1v) is 6.87. The third-order valence-electron chi connectivity index (χ3n) is 3.43. The fourth-order valence-electron chi connectivity index (χ4n) is 2.33. The number of terminal acetylenes is 1. The number of carbonyl (C=O) groups is 1. The molecule has 0 aliphatic carbocycles. The van der Waals surface area contributed by atoms with Gasteiger partial charge in [0.15, 0.2) is 0 Å². The molecule has 3 nitrogen and oxygen atoms in total. The van der Waals surface area contributed by atoms with Crippen molar-refractivity contribution >= 4 is 11.6 Å². The van der Waals surface area contributed by atoms with Crippen molar-refractivity contribution in [1.29, 1.82) is 0 Å². The molecule has 3 heteroatoms. The summed E-state index contributed by atoms with van der Waals surface area (Å²) in [5, 5.41) is 6.32. The van der Waals surface area contributed by atoms with Crippen LogP contribution in [-0.2, 0) is 11.2 Å². The number of anilines is 1. The summed E-state index contributed by atoms with van der Waals surface area (Å²) in [6.45, 7) is 0.843. The van der Waals surface area contributed by atoms with Gasteiger partial charge in [0.05, 0.1) is 6.04 Å². The lowest BCUT2D eigenvalue weighted by Crippen LogP contribution is -2.40. The van der Waals surface area contributed by atoms with E-state index >= 15 is 0 Å². The van der Waals surface area contributed by atoms with Crippen LogP contribution in [0.3, 0.4) is 0 Å². The second-order valence-corrected chi connectivity index (χ2v) is 4.85. The minimum Gasteiger partial charge on any atom is -0.324 e. The SMILES string of the molecule is C#CCCCCNC1CCc2ccccc2NC1=O.